The number of ether oxygens (including phenoxy) is 1. The smallest absolute Gasteiger partial charge is 0.308 e. The molecule has 0 spiro atoms. The maximum atomic E-state index is 12.7. The molecule has 1 aliphatic rings. The number of hydrogen-bond donors (Lipinski definition) is 2. The predicted octanol–water partition coefficient (Wildman–Crippen LogP) is 2.68. The molecule has 2 N–H and O–H groups in total. The molecule has 1 amide bonds. The highest BCUT2D eigenvalue weighted by atomic mass is 16.6. The van der Waals surface area contributed by atoms with E-state index in [-0.39, 0.29) is 17.0 Å². The number of rotatable bonds is 5. The van der Waals surface area contributed by atoms with Gasteiger partial charge in [-0.25, -0.2) is 0 Å². The van der Waals surface area contributed by atoms with E-state index in [2.05, 4.69) is 5.32 Å². The van der Waals surface area contributed by atoms with Gasteiger partial charge >= 0.3 is 5.97 Å². The van der Waals surface area contributed by atoms with Gasteiger partial charge in [0.15, 0.2) is 0 Å². The van der Waals surface area contributed by atoms with Gasteiger partial charge in [0.2, 0.25) is 0 Å². The first-order valence-corrected chi connectivity index (χ1v) is 8.08. The molecule has 1 aliphatic carbocycles. The molecule has 0 aromatic heterocycles. The summed E-state index contributed by atoms with van der Waals surface area (Å²) < 4.78 is 5.12. The first-order valence-electron chi connectivity index (χ1n) is 8.08. The van der Waals surface area contributed by atoms with Crippen LogP contribution in [0, 0.1) is 23.0 Å². The number of carbonyl (C=O) groups is 2. The van der Waals surface area contributed by atoms with Crippen molar-refractivity contribution in [2.24, 2.45) is 5.92 Å². The van der Waals surface area contributed by atoms with Crippen LogP contribution < -0.4 is 10.1 Å². The van der Waals surface area contributed by atoms with Gasteiger partial charge in [-0.3, -0.25) is 19.7 Å². The summed E-state index contributed by atoms with van der Waals surface area (Å²) in [7, 11) is 1.37. The molecule has 25 heavy (non-hydrogen) atoms. The molecule has 0 heterocycles. The van der Waals surface area contributed by atoms with Crippen LogP contribution in [0.2, 0.25) is 0 Å². The number of nitrogens with one attached hydrogen (secondary N) is 1. The number of nitro groups is 1. The third-order valence-electron chi connectivity index (χ3n) is 4.92. The average Bonchev–Trinajstić information content (AvgIpc) is 2.54. The third kappa shape index (κ3) is 3.72. The molecule has 0 bridgehead atoms. The Bertz CT molecular complexity index is 717. The van der Waals surface area contributed by atoms with Crippen LogP contribution in [0.15, 0.2) is 12.1 Å². The molecule has 2 unspecified atom stereocenters. The lowest BCUT2D eigenvalue weighted by Crippen LogP contribution is -2.55. The zero-order chi connectivity index (χ0) is 18.8. The van der Waals surface area contributed by atoms with Crippen molar-refractivity contribution in [2.75, 3.05) is 7.11 Å². The van der Waals surface area contributed by atoms with Crippen molar-refractivity contribution >= 4 is 17.6 Å². The van der Waals surface area contributed by atoms with Gasteiger partial charge in [-0.15, -0.1) is 0 Å². The Morgan fingerprint density at radius 2 is 2.08 bits per heavy atom. The van der Waals surface area contributed by atoms with Crippen LogP contribution in [0.5, 0.6) is 5.75 Å². The Balaban J connectivity index is 2.35. The highest BCUT2D eigenvalue weighted by Crippen LogP contribution is 2.35. The minimum absolute atomic E-state index is 0.0742. The van der Waals surface area contributed by atoms with Gasteiger partial charge in [0.25, 0.3) is 11.6 Å². The molecule has 0 saturated heterocycles. The monoisotopic (exact) mass is 350 g/mol. The minimum atomic E-state index is -0.949. The molecule has 136 valence electrons. The second-order valence-corrected chi connectivity index (χ2v) is 6.59. The van der Waals surface area contributed by atoms with Crippen LogP contribution in [-0.4, -0.2) is 34.6 Å². The zero-order valence-electron chi connectivity index (χ0n) is 14.5. The second-order valence-electron chi connectivity index (χ2n) is 6.59. The van der Waals surface area contributed by atoms with Crippen molar-refractivity contribution in [3.63, 3.8) is 0 Å². The Labute approximate surface area is 145 Å². The van der Waals surface area contributed by atoms with Crippen LogP contribution in [0.1, 0.15) is 48.5 Å². The average molecular weight is 350 g/mol. The number of carboxylic acids is 1. The van der Waals surface area contributed by atoms with Gasteiger partial charge < -0.3 is 15.2 Å². The molecule has 1 aromatic carbocycles. The van der Waals surface area contributed by atoms with Crippen molar-refractivity contribution in [2.45, 2.75) is 45.1 Å². The van der Waals surface area contributed by atoms with Crippen molar-refractivity contribution < 1.29 is 24.4 Å². The van der Waals surface area contributed by atoms with E-state index in [1.165, 1.54) is 19.2 Å². The first kappa shape index (κ1) is 18.7. The summed E-state index contributed by atoms with van der Waals surface area (Å²) in [6.07, 6.45) is 2.65. The van der Waals surface area contributed by atoms with Crippen LogP contribution in [0.3, 0.4) is 0 Å². The molecular formula is C17H22N2O6. The SMILES string of the molecule is COc1cc(C(=O)NC2(C)CCCCC2C(=O)O)cc([N+](=O)[O-])c1C. The molecule has 8 heteroatoms. The lowest BCUT2D eigenvalue weighted by atomic mass is 9.73. The Morgan fingerprint density at radius 3 is 2.64 bits per heavy atom. The summed E-state index contributed by atoms with van der Waals surface area (Å²) >= 11 is 0. The van der Waals surface area contributed by atoms with Gasteiger partial charge in [-0.2, -0.15) is 0 Å². The molecule has 1 fully saturated rings. The van der Waals surface area contributed by atoms with Crippen molar-refractivity contribution in [3.8, 4) is 5.75 Å². The van der Waals surface area contributed by atoms with Crippen molar-refractivity contribution in [1.82, 2.24) is 5.32 Å². The zero-order valence-corrected chi connectivity index (χ0v) is 14.5. The van der Waals surface area contributed by atoms with Crippen LogP contribution in [0.4, 0.5) is 5.69 Å². The van der Waals surface area contributed by atoms with E-state index in [0.717, 1.165) is 12.8 Å². The lowest BCUT2D eigenvalue weighted by molar-refractivity contribution is -0.385. The number of carbonyl (C=O) groups excluding carboxylic acids is 1. The molecule has 8 nitrogen and oxygen atoms in total. The van der Waals surface area contributed by atoms with Gasteiger partial charge in [0.1, 0.15) is 5.75 Å². The minimum Gasteiger partial charge on any atom is -0.496 e. The quantitative estimate of drug-likeness (QED) is 0.622. The number of benzene rings is 1. The summed E-state index contributed by atoms with van der Waals surface area (Å²) in [6, 6.07) is 2.62. The number of hydrogen-bond acceptors (Lipinski definition) is 5. The number of aliphatic carboxylic acids is 1. The fourth-order valence-corrected chi connectivity index (χ4v) is 3.42. The highest BCUT2D eigenvalue weighted by molar-refractivity contribution is 5.96. The number of nitro benzene ring substituents is 1. The highest BCUT2D eigenvalue weighted by Gasteiger charge is 2.42. The van der Waals surface area contributed by atoms with Gasteiger partial charge in [-0.1, -0.05) is 12.8 Å². The number of amides is 1. The molecular weight excluding hydrogens is 328 g/mol. The fraction of sp³-hybridized carbons (Fsp3) is 0.529. The lowest BCUT2D eigenvalue weighted by Gasteiger charge is -2.39. The maximum absolute atomic E-state index is 12.7. The normalized spacial score (nSPS) is 22.9. The molecule has 1 aromatic rings. The van der Waals surface area contributed by atoms with Crippen LogP contribution >= 0.6 is 0 Å². The molecule has 0 aliphatic heterocycles. The Kier molecular flexibility index (Phi) is 5.30. The molecule has 1 saturated carbocycles. The van der Waals surface area contributed by atoms with E-state index < -0.39 is 28.3 Å². The molecule has 2 atom stereocenters. The van der Waals surface area contributed by atoms with E-state index in [1.54, 1.807) is 13.8 Å². The van der Waals surface area contributed by atoms with Crippen LogP contribution in [0.25, 0.3) is 0 Å². The third-order valence-corrected chi connectivity index (χ3v) is 4.92. The topological polar surface area (TPSA) is 119 Å². The standard InChI is InChI=1S/C17H22N2O6/c1-10-13(19(23)24)8-11(9-14(10)25-3)15(20)18-17(2)7-5-4-6-12(17)16(21)22/h8-9,12H,4-7H2,1-3H3,(H,18,20)(H,21,22). The largest absolute Gasteiger partial charge is 0.496 e. The first-order chi connectivity index (χ1) is 11.7. The van der Waals surface area contributed by atoms with E-state index in [0.29, 0.717) is 18.4 Å². The van der Waals surface area contributed by atoms with E-state index in [1.807, 2.05) is 0 Å². The number of nitrogens with zero attached hydrogens (tertiary/aromatic N) is 1. The summed E-state index contributed by atoms with van der Waals surface area (Å²) in [5.74, 6) is -1.94. The summed E-state index contributed by atoms with van der Waals surface area (Å²) in [5, 5.41) is 23.4. The Hall–Kier alpha value is -2.64. The predicted molar refractivity (Wildman–Crippen MR) is 89.9 cm³/mol. The van der Waals surface area contributed by atoms with Gasteiger partial charge in [-0.05, 0) is 32.8 Å². The summed E-state index contributed by atoms with van der Waals surface area (Å²) in [6.45, 7) is 3.25. The summed E-state index contributed by atoms with van der Waals surface area (Å²) in [5.41, 5.74) is -0.705. The van der Waals surface area contributed by atoms with Crippen LogP contribution in [-0.2, 0) is 4.79 Å². The second kappa shape index (κ2) is 7.08. The van der Waals surface area contributed by atoms with E-state index in [4.69, 9.17) is 4.74 Å². The Morgan fingerprint density at radius 1 is 1.40 bits per heavy atom. The van der Waals surface area contributed by atoms with Crippen molar-refractivity contribution in [1.29, 1.82) is 0 Å². The maximum Gasteiger partial charge on any atom is 0.308 e. The number of methoxy groups -OCH3 is 1. The fourth-order valence-electron chi connectivity index (χ4n) is 3.42. The van der Waals surface area contributed by atoms with Crippen molar-refractivity contribution in [3.05, 3.63) is 33.4 Å². The van der Waals surface area contributed by atoms with Gasteiger partial charge in [0, 0.05) is 11.6 Å². The van der Waals surface area contributed by atoms with E-state index in [9.17, 15) is 24.8 Å². The van der Waals surface area contributed by atoms with E-state index >= 15 is 0 Å². The molecule has 2 rings (SSSR count). The number of carboxylic acid groups (broad SMARTS) is 1. The van der Waals surface area contributed by atoms with Gasteiger partial charge in [0.05, 0.1) is 29.1 Å². The molecule has 0 radical (unpaired) electrons. The summed E-state index contributed by atoms with van der Waals surface area (Å²) in [4.78, 5) is 34.8.